The van der Waals surface area contributed by atoms with Crippen molar-refractivity contribution in [1.82, 2.24) is 4.98 Å². The van der Waals surface area contributed by atoms with E-state index < -0.39 is 46.0 Å². The first kappa shape index (κ1) is 14.7. The van der Waals surface area contributed by atoms with Gasteiger partial charge in [-0.2, -0.15) is 5.26 Å². The van der Waals surface area contributed by atoms with Gasteiger partial charge in [-0.25, -0.2) is 26.9 Å². The van der Waals surface area contributed by atoms with E-state index in [1.165, 1.54) is 6.07 Å². The summed E-state index contributed by atoms with van der Waals surface area (Å²) in [5, 5.41) is 8.50. The number of anilines is 1. The third-order valence-corrected chi connectivity index (χ3v) is 2.72. The minimum Gasteiger partial charge on any atom is -0.383 e. The second-order valence-electron chi connectivity index (χ2n) is 4.02. The van der Waals surface area contributed by atoms with Crippen LogP contribution in [0.3, 0.4) is 0 Å². The number of pyridine rings is 1. The lowest BCUT2D eigenvalue weighted by Crippen LogP contribution is -2.06. The standard InChI is InChI=1S/C13H6F5N3/c14-8-7(9(15)11(17)12(18)10(8)16)6-2-1-5(3-4-19)21-13(6)20/h1-2H,3H2,(H2,20,21). The van der Waals surface area contributed by atoms with E-state index >= 15 is 0 Å². The molecule has 0 aliphatic heterocycles. The highest BCUT2D eigenvalue weighted by Gasteiger charge is 2.27. The highest BCUT2D eigenvalue weighted by molar-refractivity contribution is 5.75. The normalized spacial score (nSPS) is 10.5. The first-order valence-electron chi connectivity index (χ1n) is 5.52. The molecule has 1 heterocycles. The molecule has 0 saturated carbocycles. The molecule has 0 radical (unpaired) electrons. The van der Waals surface area contributed by atoms with Crippen molar-refractivity contribution in [3.8, 4) is 17.2 Å². The lowest BCUT2D eigenvalue weighted by Gasteiger charge is -2.10. The molecular weight excluding hydrogens is 293 g/mol. The summed E-state index contributed by atoms with van der Waals surface area (Å²) in [5.41, 5.74) is 4.08. The molecule has 3 nitrogen and oxygen atoms in total. The largest absolute Gasteiger partial charge is 0.383 e. The number of nitrogens with zero attached hydrogens (tertiary/aromatic N) is 2. The van der Waals surface area contributed by atoms with Crippen LogP contribution in [0.2, 0.25) is 0 Å². The van der Waals surface area contributed by atoms with Gasteiger partial charge in [0.2, 0.25) is 5.82 Å². The van der Waals surface area contributed by atoms with Crippen molar-refractivity contribution in [1.29, 1.82) is 5.26 Å². The minimum atomic E-state index is -2.25. The summed E-state index contributed by atoms with van der Waals surface area (Å²) in [5.74, 6) is -10.8. The number of nitrogen functional groups attached to an aromatic ring is 1. The van der Waals surface area contributed by atoms with Crippen molar-refractivity contribution in [2.24, 2.45) is 0 Å². The van der Waals surface area contributed by atoms with Crippen LogP contribution in [-0.2, 0) is 6.42 Å². The molecule has 108 valence electrons. The molecule has 0 fully saturated rings. The topological polar surface area (TPSA) is 62.7 Å². The summed E-state index contributed by atoms with van der Waals surface area (Å²) in [6.07, 6.45) is -0.110. The van der Waals surface area contributed by atoms with Crippen LogP contribution in [0.1, 0.15) is 5.69 Å². The van der Waals surface area contributed by atoms with Gasteiger partial charge in [-0.1, -0.05) is 0 Å². The Morgan fingerprint density at radius 3 is 1.95 bits per heavy atom. The molecule has 0 atom stereocenters. The fourth-order valence-electron chi connectivity index (χ4n) is 1.75. The Bertz CT molecular complexity index is 738. The third-order valence-electron chi connectivity index (χ3n) is 2.72. The SMILES string of the molecule is N#CCc1ccc(-c2c(F)c(F)c(F)c(F)c2F)c(N)n1. The molecule has 8 heteroatoms. The number of rotatable bonds is 2. The maximum Gasteiger partial charge on any atom is 0.200 e. The van der Waals surface area contributed by atoms with Crippen molar-refractivity contribution in [3.63, 3.8) is 0 Å². The molecule has 0 amide bonds. The van der Waals surface area contributed by atoms with Gasteiger partial charge >= 0.3 is 0 Å². The smallest absolute Gasteiger partial charge is 0.200 e. The average Bonchev–Trinajstić information content (AvgIpc) is 2.46. The zero-order valence-corrected chi connectivity index (χ0v) is 10.2. The molecule has 0 aliphatic carbocycles. The Balaban J connectivity index is 2.71. The van der Waals surface area contributed by atoms with Gasteiger partial charge < -0.3 is 5.73 Å². The summed E-state index contributed by atoms with van der Waals surface area (Å²) >= 11 is 0. The summed E-state index contributed by atoms with van der Waals surface area (Å²) in [4.78, 5) is 3.69. The van der Waals surface area contributed by atoms with E-state index in [2.05, 4.69) is 4.98 Å². The fraction of sp³-hybridized carbons (Fsp3) is 0.0769. The molecule has 0 unspecified atom stereocenters. The molecule has 0 saturated heterocycles. The predicted octanol–water partition coefficient (Wildman–Crippen LogP) is 3.09. The molecule has 0 bridgehead atoms. The van der Waals surface area contributed by atoms with E-state index in [0.717, 1.165) is 6.07 Å². The molecule has 1 aromatic carbocycles. The Morgan fingerprint density at radius 2 is 1.48 bits per heavy atom. The maximum absolute atomic E-state index is 13.7. The molecule has 2 aromatic rings. The van der Waals surface area contributed by atoms with Crippen LogP contribution >= 0.6 is 0 Å². The van der Waals surface area contributed by atoms with Crippen LogP contribution in [0.4, 0.5) is 27.8 Å². The van der Waals surface area contributed by atoms with Crippen LogP contribution in [0, 0.1) is 40.4 Å². The average molecular weight is 299 g/mol. The van der Waals surface area contributed by atoms with Gasteiger partial charge in [0.25, 0.3) is 0 Å². The number of nitriles is 1. The van der Waals surface area contributed by atoms with Crippen molar-refractivity contribution in [2.75, 3.05) is 5.73 Å². The van der Waals surface area contributed by atoms with Gasteiger partial charge in [0.05, 0.1) is 23.7 Å². The quantitative estimate of drug-likeness (QED) is 0.526. The van der Waals surface area contributed by atoms with Crippen molar-refractivity contribution < 1.29 is 22.0 Å². The molecular formula is C13H6F5N3. The van der Waals surface area contributed by atoms with Gasteiger partial charge in [-0.05, 0) is 12.1 Å². The minimum absolute atomic E-state index is 0.110. The summed E-state index contributed by atoms with van der Waals surface area (Å²) in [6.45, 7) is 0. The van der Waals surface area contributed by atoms with Crippen LogP contribution < -0.4 is 5.73 Å². The number of aromatic nitrogens is 1. The summed E-state index contributed by atoms with van der Waals surface area (Å²) in [6, 6.07) is 4.05. The van der Waals surface area contributed by atoms with Gasteiger partial charge in [0.15, 0.2) is 23.3 Å². The van der Waals surface area contributed by atoms with E-state index in [1.54, 1.807) is 6.07 Å². The van der Waals surface area contributed by atoms with Crippen molar-refractivity contribution >= 4 is 5.82 Å². The number of halogens is 5. The van der Waals surface area contributed by atoms with E-state index in [0.29, 0.717) is 0 Å². The van der Waals surface area contributed by atoms with E-state index in [4.69, 9.17) is 11.0 Å². The van der Waals surface area contributed by atoms with Gasteiger partial charge in [0, 0.05) is 5.56 Å². The number of benzene rings is 1. The lowest BCUT2D eigenvalue weighted by atomic mass is 10.0. The Morgan fingerprint density at radius 1 is 0.952 bits per heavy atom. The molecule has 1 aromatic heterocycles. The predicted molar refractivity (Wildman–Crippen MR) is 63.2 cm³/mol. The molecule has 0 spiro atoms. The third kappa shape index (κ3) is 2.38. The fourth-order valence-corrected chi connectivity index (χ4v) is 1.75. The van der Waals surface area contributed by atoms with Gasteiger partial charge in [0.1, 0.15) is 5.82 Å². The van der Waals surface area contributed by atoms with E-state index in [9.17, 15) is 22.0 Å². The Kier molecular flexibility index (Phi) is 3.76. The molecule has 21 heavy (non-hydrogen) atoms. The number of hydrogen-bond donors (Lipinski definition) is 1. The molecule has 2 rings (SSSR count). The van der Waals surface area contributed by atoms with Crippen molar-refractivity contribution in [2.45, 2.75) is 6.42 Å². The van der Waals surface area contributed by atoms with Crippen LogP contribution in [0.5, 0.6) is 0 Å². The number of nitrogens with two attached hydrogens (primary N) is 1. The monoisotopic (exact) mass is 299 g/mol. The molecule has 2 N–H and O–H groups in total. The summed E-state index contributed by atoms with van der Waals surface area (Å²) < 4.78 is 66.6. The second-order valence-corrected chi connectivity index (χ2v) is 4.02. The maximum atomic E-state index is 13.7. The summed E-state index contributed by atoms with van der Waals surface area (Å²) in [7, 11) is 0. The van der Waals surface area contributed by atoms with E-state index in [-0.39, 0.29) is 12.1 Å². The molecule has 0 aliphatic rings. The highest BCUT2D eigenvalue weighted by atomic mass is 19.2. The Hall–Kier alpha value is -2.69. The first-order valence-corrected chi connectivity index (χ1v) is 5.52. The van der Waals surface area contributed by atoms with Gasteiger partial charge in [-0.15, -0.1) is 0 Å². The van der Waals surface area contributed by atoms with Crippen LogP contribution in [0.15, 0.2) is 12.1 Å². The zero-order chi connectivity index (χ0) is 15.7. The van der Waals surface area contributed by atoms with Crippen molar-refractivity contribution in [3.05, 3.63) is 46.9 Å². The van der Waals surface area contributed by atoms with E-state index in [1.807, 2.05) is 0 Å². The zero-order valence-electron chi connectivity index (χ0n) is 10.2. The van der Waals surface area contributed by atoms with Gasteiger partial charge in [-0.3, -0.25) is 0 Å². The van der Waals surface area contributed by atoms with Crippen LogP contribution in [-0.4, -0.2) is 4.98 Å². The Labute approximate surface area is 115 Å². The van der Waals surface area contributed by atoms with Crippen LogP contribution in [0.25, 0.3) is 11.1 Å². The lowest BCUT2D eigenvalue weighted by molar-refractivity contribution is 0.381. The number of hydrogen-bond acceptors (Lipinski definition) is 3. The highest BCUT2D eigenvalue weighted by Crippen LogP contribution is 2.34. The second kappa shape index (κ2) is 5.36. The first-order chi connectivity index (χ1) is 9.88.